The van der Waals surface area contributed by atoms with E-state index in [0.29, 0.717) is 19.3 Å². The molecule has 0 fully saturated rings. The van der Waals surface area contributed by atoms with Crippen LogP contribution in [0.25, 0.3) is 0 Å². The predicted octanol–water partition coefficient (Wildman–Crippen LogP) is 20.7. The molecule has 0 heterocycles. The molecule has 404 valence electrons. The van der Waals surface area contributed by atoms with Crippen LogP contribution in [0.5, 0.6) is 0 Å². The standard InChI is InChI=1S/C62H120O6/c1-4-7-10-13-16-18-20-22-24-26-28-30-31-32-33-35-36-38-40-42-44-46-49-52-55-61(64)67-58-59(57-66-60(63)54-51-48-15-12-9-6-3)68-62(65)56-53-50-47-45-43-41-39-37-34-29-27-25-23-21-19-17-14-11-8-5-2/h59H,4-58H2,1-3H3. The molecule has 0 aliphatic rings. The molecule has 0 saturated heterocycles. The van der Waals surface area contributed by atoms with Gasteiger partial charge < -0.3 is 14.2 Å². The van der Waals surface area contributed by atoms with Crippen molar-refractivity contribution in [2.24, 2.45) is 0 Å². The van der Waals surface area contributed by atoms with Gasteiger partial charge in [-0.25, -0.2) is 0 Å². The van der Waals surface area contributed by atoms with Gasteiger partial charge in [0.15, 0.2) is 6.10 Å². The Hall–Kier alpha value is -1.59. The highest BCUT2D eigenvalue weighted by Gasteiger charge is 2.19. The summed E-state index contributed by atoms with van der Waals surface area (Å²) >= 11 is 0. The van der Waals surface area contributed by atoms with Crippen molar-refractivity contribution in [3.8, 4) is 0 Å². The lowest BCUT2D eigenvalue weighted by molar-refractivity contribution is -0.167. The van der Waals surface area contributed by atoms with Crippen LogP contribution in [0.2, 0.25) is 0 Å². The highest BCUT2D eigenvalue weighted by atomic mass is 16.6. The summed E-state index contributed by atoms with van der Waals surface area (Å²) in [6.45, 7) is 6.66. The first-order valence-corrected chi connectivity index (χ1v) is 31.0. The van der Waals surface area contributed by atoms with E-state index in [2.05, 4.69) is 20.8 Å². The molecule has 1 atom stereocenters. The first-order chi connectivity index (χ1) is 33.5. The Morgan fingerprint density at radius 2 is 0.397 bits per heavy atom. The summed E-state index contributed by atoms with van der Waals surface area (Å²) in [7, 11) is 0. The van der Waals surface area contributed by atoms with Crippen LogP contribution in [0.3, 0.4) is 0 Å². The Morgan fingerprint density at radius 3 is 0.588 bits per heavy atom. The van der Waals surface area contributed by atoms with E-state index in [9.17, 15) is 14.4 Å². The summed E-state index contributed by atoms with van der Waals surface area (Å²) in [5.41, 5.74) is 0. The van der Waals surface area contributed by atoms with Crippen LogP contribution in [-0.2, 0) is 28.6 Å². The van der Waals surface area contributed by atoms with E-state index >= 15 is 0 Å². The molecule has 1 unspecified atom stereocenters. The summed E-state index contributed by atoms with van der Waals surface area (Å²) < 4.78 is 16.8. The smallest absolute Gasteiger partial charge is 0.306 e. The largest absolute Gasteiger partial charge is 0.462 e. The van der Waals surface area contributed by atoms with E-state index in [-0.39, 0.29) is 31.1 Å². The minimum absolute atomic E-state index is 0.0620. The highest BCUT2D eigenvalue weighted by Crippen LogP contribution is 2.18. The van der Waals surface area contributed by atoms with Crippen LogP contribution in [0, 0.1) is 0 Å². The molecule has 0 aliphatic carbocycles. The molecule has 0 aromatic heterocycles. The van der Waals surface area contributed by atoms with E-state index in [1.807, 2.05) is 0 Å². The van der Waals surface area contributed by atoms with E-state index < -0.39 is 6.10 Å². The van der Waals surface area contributed by atoms with Crippen molar-refractivity contribution < 1.29 is 28.6 Å². The van der Waals surface area contributed by atoms with Gasteiger partial charge in [0.25, 0.3) is 0 Å². The lowest BCUT2D eigenvalue weighted by Gasteiger charge is -2.18. The molecule has 0 rings (SSSR count). The van der Waals surface area contributed by atoms with Crippen LogP contribution < -0.4 is 0 Å². The number of hydrogen-bond donors (Lipinski definition) is 0. The van der Waals surface area contributed by atoms with Crippen LogP contribution in [-0.4, -0.2) is 37.2 Å². The van der Waals surface area contributed by atoms with E-state index in [1.54, 1.807) is 0 Å². The topological polar surface area (TPSA) is 78.9 Å². The molecule has 0 N–H and O–H groups in total. The SMILES string of the molecule is CCCCCCCCCCCCCCCCCCCCCCCCCCC(=O)OCC(COC(=O)CCCCCCCC)OC(=O)CCCCCCCCCCCCCCCCCCCCCC. The zero-order chi connectivity index (χ0) is 49.3. The van der Waals surface area contributed by atoms with Crippen LogP contribution in [0.1, 0.15) is 361 Å². The molecule has 0 aromatic carbocycles. The summed E-state index contributed by atoms with van der Waals surface area (Å²) in [4.78, 5) is 37.9. The summed E-state index contributed by atoms with van der Waals surface area (Å²) in [6, 6.07) is 0. The van der Waals surface area contributed by atoms with Gasteiger partial charge in [0, 0.05) is 19.3 Å². The Labute approximate surface area is 425 Å². The molecule has 0 radical (unpaired) electrons. The number of esters is 3. The third-order valence-electron chi connectivity index (χ3n) is 14.4. The fraction of sp³-hybridized carbons (Fsp3) is 0.952. The summed E-state index contributed by atoms with van der Waals surface area (Å²) in [6.07, 6.45) is 65.8. The average Bonchev–Trinajstić information content (AvgIpc) is 3.34. The molecule has 0 amide bonds. The van der Waals surface area contributed by atoms with Gasteiger partial charge in [-0.3, -0.25) is 14.4 Å². The third kappa shape index (κ3) is 55.3. The number of unbranched alkanes of at least 4 members (excludes halogenated alkanes) is 47. The van der Waals surface area contributed by atoms with Crippen LogP contribution >= 0.6 is 0 Å². The fourth-order valence-electron chi connectivity index (χ4n) is 9.68. The van der Waals surface area contributed by atoms with Gasteiger partial charge in [-0.15, -0.1) is 0 Å². The first-order valence-electron chi connectivity index (χ1n) is 31.0. The quantitative estimate of drug-likeness (QED) is 0.0343. The van der Waals surface area contributed by atoms with Crippen LogP contribution in [0.4, 0.5) is 0 Å². The predicted molar refractivity (Wildman–Crippen MR) is 294 cm³/mol. The number of hydrogen-bond acceptors (Lipinski definition) is 6. The van der Waals surface area contributed by atoms with E-state index in [4.69, 9.17) is 14.2 Å². The Kier molecular flexibility index (Phi) is 56.6. The van der Waals surface area contributed by atoms with Gasteiger partial charge in [0.05, 0.1) is 0 Å². The molecule has 6 heteroatoms. The molecule has 0 bridgehead atoms. The third-order valence-corrected chi connectivity index (χ3v) is 14.4. The van der Waals surface area contributed by atoms with Gasteiger partial charge in [0.1, 0.15) is 13.2 Å². The second-order valence-electron chi connectivity index (χ2n) is 21.3. The van der Waals surface area contributed by atoms with E-state index in [0.717, 1.165) is 57.8 Å². The maximum Gasteiger partial charge on any atom is 0.306 e. The number of rotatable bonds is 58. The average molecular weight is 962 g/mol. The molecule has 0 spiro atoms. The van der Waals surface area contributed by atoms with Crippen molar-refractivity contribution in [2.45, 2.75) is 367 Å². The number of ether oxygens (including phenoxy) is 3. The molecule has 0 saturated carbocycles. The van der Waals surface area contributed by atoms with Crippen molar-refractivity contribution >= 4 is 17.9 Å². The van der Waals surface area contributed by atoms with Gasteiger partial charge in [-0.1, -0.05) is 323 Å². The lowest BCUT2D eigenvalue weighted by Crippen LogP contribution is -2.30. The molecular formula is C62H120O6. The molecule has 68 heavy (non-hydrogen) atoms. The van der Waals surface area contributed by atoms with Crippen LogP contribution in [0.15, 0.2) is 0 Å². The zero-order valence-corrected chi connectivity index (χ0v) is 46.4. The van der Waals surface area contributed by atoms with Crippen molar-refractivity contribution in [2.75, 3.05) is 13.2 Å². The monoisotopic (exact) mass is 961 g/mol. The van der Waals surface area contributed by atoms with Gasteiger partial charge >= 0.3 is 17.9 Å². The van der Waals surface area contributed by atoms with E-state index in [1.165, 1.54) is 263 Å². The van der Waals surface area contributed by atoms with Gasteiger partial charge in [-0.2, -0.15) is 0 Å². The maximum absolute atomic E-state index is 12.8. The zero-order valence-electron chi connectivity index (χ0n) is 46.4. The van der Waals surface area contributed by atoms with Crippen molar-refractivity contribution in [1.29, 1.82) is 0 Å². The molecular weight excluding hydrogens is 841 g/mol. The highest BCUT2D eigenvalue weighted by molar-refractivity contribution is 5.71. The molecule has 0 aromatic rings. The first kappa shape index (κ1) is 66.4. The Bertz CT molecular complexity index is 1010. The lowest BCUT2D eigenvalue weighted by atomic mass is 10.0. The minimum Gasteiger partial charge on any atom is -0.462 e. The van der Waals surface area contributed by atoms with Gasteiger partial charge in [0.2, 0.25) is 0 Å². The minimum atomic E-state index is -0.760. The Morgan fingerprint density at radius 1 is 0.235 bits per heavy atom. The molecule has 0 aliphatic heterocycles. The second kappa shape index (κ2) is 58.0. The van der Waals surface area contributed by atoms with Crippen molar-refractivity contribution in [1.82, 2.24) is 0 Å². The van der Waals surface area contributed by atoms with Gasteiger partial charge in [-0.05, 0) is 19.3 Å². The maximum atomic E-state index is 12.8. The Balaban J connectivity index is 4.02. The number of carbonyl (C=O) groups excluding carboxylic acids is 3. The van der Waals surface area contributed by atoms with Crippen molar-refractivity contribution in [3.05, 3.63) is 0 Å². The summed E-state index contributed by atoms with van der Waals surface area (Å²) in [5.74, 6) is -0.843. The number of carbonyl (C=O) groups is 3. The second-order valence-corrected chi connectivity index (χ2v) is 21.3. The van der Waals surface area contributed by atoms with Crippen molar-refractivity contribution in [3.63, 3.8) is 0 Å². The summed E-state index contributed by atoms with van der Waals surface area (Å²) in [5, 5.41) is 0. The fourth-order valence-corrected chi connectivity index (χ4v) is 9.68. The normalized spacial score (nSPS) is 11.9. The molecule has 6 nitrogen and oxygen atoms in total.